The molecule has 2 N–H and O–H groups in total. The van der Waals surface area contributed by atoms with Crippen molar-refractivity contribution in [3.05, 3.63) is 35.7 Å². The number of hydrogen-bond donors (Lipinski definition) is 1. The number of methoxy groups -OCH3 is 1. The number of nitrogen functional groups attached to an aromatic ring is 1. The first-order chi connectivity index (χ1) is 7.28. The fourth-order valence-corrected chi connectivity index (χ4v) is 1.75. The highest BCUT2D eigenvalue weighted by Gasteiger charge is 2.03. The van der Waals surface area contributed by atoms with E-state index in [1.165, 1.54) is 11.5 Å². The van der Waals surface area contributed by atoms with Gasteiger partial charge in [-0.3, -0.25) is 0 Å². The molecule has 78 valence electrons. The molecule has 2 rings (SSSR count). The lowest BCUT2D eigenvalue weighted by Gasteiger charge is -2.01. The fourth-order valence-electron chi connectivity index (χ4n) is 1.30. The van der Waals surface area contributed by atoms with Gasteiger partial charge in [0.15, 0.2) is 5.13 Å². The molecule has 1 heterocycles. The summed E-state index contributed by atoms with van der Waals surface area (Å²) >= 11 is 1.22. The van der Waals surface area contributed by atoms with Gasteiger partial charge in [0.25, 0.3) is 0 Å². The summed E-state index contributed by atoms with van der Waals surface area (Å²) in [5.74, 6) is 1.60. The molecule has 0 radical (unpaired) electrons. The molecule has 0 amide bonds. The molecule has 15 heavy (non-hydrogen) atoms. The van der Waals surface area contributed by atoms with Gasteiger partial charge >= 0.3 is 0 Å². The Labute approximate surface area is 91.9 Å². The number of ether oxygens (including phenoxy) is 1. The zero-order valence-corrected chi connectivity index (χ0v) is 9.12. The van der Waals surface area contributed by atoms with Crippen molar-refractivity contribution in [2.24, 2.45) is 0 Å². The van der Waals surface area contributed by atoms with Gasteiger partial charge < -0.3 is 10.5 Å². The molecule has 4 nitrogen and oxygen atoms in total. The van der Waals surface area contributed by atoms with Crippen molar-refractivity contribution in [2.75, 3.05) is 12.8 Å². The van der Waals surface area contributed by atoms with Crippen molar-refractivity contribution in [2.45, 2.75) is 6.42 Å². The normalized spacial score (nSPS) is 10.2. The Bertz CT molecular complexity index is 455. The lowest BCUT2D eigenvalue weighted by atomic mass is 10.1. The van der Waals surface area contributed by atoms with Crippen molar-refractivity contribution < 1.29 is 4.74 Å². The van der Waals surface area contributed by atoms with Crippen LogP contribution < -0.4 is 10.5 Å². The van der Waals surface area contributed by atoms with Crippen LogP contribution in [0.2, 0.25) is 0 Å². The van der Waals surface area contributed by atoms with Gasteiger partial charge in [-0.1, -0.05) is 12.1 Å². The number of aromatic nitrogens is 2. The first kappa shape index (κ1) is 9.92. The Morgan fingerprint density at radius 2 is 2.33 bits per heavy atom. The van der Waals surface area contributed by atoms with Crippen molar-refractivity contribution >= 4 is 16.7 Å². The second kappa shape index (κ2) is 4.27. The molecule has 0 fully saturated rings. The molecular formula is C10H11N3OS. The maximum absolute atomic E-state index is 5.51. The predicted molar refractivity (Wildman–Crippen MR) is 60.1 cm³/mol. The molecule has 0 bridgehead atoms. The van der Waals surface area contributed by atoms with E-state index in [0.717, 1.165) is 17.1 Å². The van der Waals surface area contributed by atoms with Crippen LogP contribution in [0.4, 0.5) is 5.13 Å². The minimum absolute atomic E-state index is 0.507. The number of hydrogen-bond acceptors (Lipinski definition) is 5. The quantitative estimate of drug-likeness (QED) is 0.857. The van der Waals surface area contributed by atoms with E-state index in [9.17, 15) is 0 Å². The molecule has 0 aliphatic rings. The number of nitrogens with zero attached hydrogens (tertiary/aromatic N) is 2. The lowest BCUT2D eigenvalue weighted by molar-refractivity contribution is 0.414. The van der Waals surface area contributed by atoms with Crippen LogP contribution in [-0.2, 0) is 6.42 Å². The van der Waals surface area contributed by atoms with Crippen LogP contribution in [0.15, 0.2) is 24.3 Å². The third-order valence-corrected chi connectivity index (χ3v) is 2.56. The Balaban J connectivity index is 2.16. The second-order valence-corrected chi connectivity index (χ2v) is 3.86. The third kappa shape index (κ3) is 2.44. The van der Waals surface area contributed by atoms with Crippen LogP contribution in [0.3, 0.4) is 0 Å². The minimum atomic E-state index is 0.507. The molecule has 0 saturated heterocycles. The molecule has 0 atom stereocenters. The smallest absolute Gasteiger partial charge is 0.199 e. The molecule has 1 aromatic carbocycles. The highest BCUT2D eigenvalue weighted by molar-refractivity contribution is 7.09. The second-order valence-electron chi connectivity index (χ2n) is 3.08. The molecule has 5 heteroatoms. The zero-order valence-electron chi connectivity index (χ0n) is 8.30. The third-order valence-electron chi connectivity index (χ3n) is 1.98. The molecule has 2 aromatic rings. The van der Waals surface area contributed by atoms with Gasteiger partial charge in [0.1, 0.15) is 11.6 Å². The average molecular weight is 221 g/mol. The Kier molecular flexibility index (Phi) is 2.82. The summed E-state index contributed by atoms with van der Waals surface area (Å²) in [4.78, 5) is 4.11. The summed E-state index contributed by atoms with van der Waals surface area (Å²) in [6, 6.07) is 7.84. The van der Waals surface area contributed by atoms with Crippen molar-refractivity contribution in [1.29, 1.82) is 0 Å². The standard InChI is InChI=1S/C10H11N3OS/c1-14-8-4-2-3-7(5-8)6-9-12-10(11)15-13-9/h2-5H,6H2,1H3,(H2,11,12,13). The van der Waals surface area contributed by atoms with Gasteiger partial charge in [0.05, 0.1) is 7.11 Å². The first-order valence-electron chi connectivity index (χ1n) is 4.49. The number of nitrogens with two attached hydrogens (primary N) is 1. The van der Waals surface area contributed by atoms with Crippen LogP contribution >= 0.6 is 11.5 Å². The topological polar surface area (TPSA) is 61.0 Å². The summed E-state index contributed by atoms with van der Waals surface area (Å²) in [7, 11) is 1.65. The summed E-state index contributed by atoms with van der Waals surface area (Å²) in [6.07, 6.45) is 0.685. The zero-order chi connectivity index (χ0) is 10.7. The maximum Gasteiger partial charge on any atom is 0.199 e. The molecule has 0 aliphatic carbocycles. The molecule has 0 saturated carbocycles. The van der Waals surface area contributed by atoms with Crippen LogP contribution in [0, 0.1) is 0 Å². The van der Waals surface area contributed by atoms with E-state index in [-0.39, 0.29) is 0 Å². The summed E-state index contributed by atoms with van der Waals surface area (Å²) in [5.41, 5.74) is 6.63. The minimum Gasteiger partial charge on any atom is -0.497 e. The van der Waals surface area contributed by atoms with Gasteiger partial charge in [-0.25, -0.2) is 4.98 Å². The van der Waals surface area contributed by atoms with E-state index >= 15 is 0 Å². The van der Waals surface area contributed by atoms with Crippen LogP contribution in [0.25, 0.3) is 0 Å². The molecule has 1 aromatic heterocycles. The average Bonchev–Trinajstić information content (AvgIpc) is 2.64. The Morgan fingerprint density at radius 3 is 3.00 bits per heavy atom. The van der Waals surface area contributed by atoms with Crippen molar-refractivity contribution in [3.8, 4) is 5.75 Å². The highest BCUT2D eigenvalue weighted by atomic mass is 32.1. The number of benzene rings is 1. The van der Waals surface area contributed by atoms with Crippen LogP contribution in [0.1, 0.15) is 11.4 Å². The van der Waals surface area contributed by atoms with E-state index in [2.05, 4.69) is 9.36 Å². The van der Waals surface area contributed by atoms with Gasteiger partial charge in [0, 0.05) is 18.0 Å². The Morgan fingerprint density at radius 1 is 1.47 bits per heavy atom. The number of rotatable bonds is 3. The van der Waals surface area contributed by atoms with Crippen molar-refractivity contribution in [1.82, 2.24) is 9.36 Å². The molecule has 0 spiro atoms. The van der Waals surface area contributed by atoms with E-state index in [0.29, 0.717) is 11.6 Å². The Hall–Kier alpha value is -1.62. The molecule has 0 unspecified atom stereocenters. The van der Waals surface area contributed by atoms with Gasteiger partial charge in [-0.2, -0.15) is 4.37 Å². The fraction of sp³-hybridized carbons (Fsp3) is 0.200. The van der Waals surface area contributed by atoms with E-state index in [1.54, 1.807) is 7.11 Å². The lowest BCUT2D eigenvalue weighted by Crippen LogP contribution is -1.92. The maximum atomic E-state index is 5.51. The SMILES string of the molecule is COc1cccc(Cc2nsc(N)n2)c1. The highest BCUT2D eigenvalue weighted by Crippen LogP contribution is 2.16. The predicted octanol–water partition coefficient (Wildman–Crippen LogP) is 1.72. The van der Waals surface area contributed by atoms with E-state index in [1.807, 2.05) is 24.3 Å². The number of anilines is 1. The van der Waals surface area contributed by atoms with E-state index < -0.39 is 0 Å². The monoisotopic (exact) mass is 221 g/mol. The van der Waals surface area contributed by atoms with Crippen LogP contribution in [0.5, 0.6) is 5.75 Å². The van der Waals surface area contributed by atoms with Gasteiger partial charge in [-0.05, 0) is 17.7 Å². The van der Waals surface area contributed by atoms with Crippen LogP contribution in [-0.4, -0.2) is 16.5 Å². The van der Waals surface area contributed by atoms with E-state index in [4.69, 9.17) is 10.5 Å². The first-order valence-corrected chi connectivity index (χ1v) is 5.26. The summed E-state index contributed by atoms with van der Waals surface area (Å²) in [6.45, 7) is 0. The molecular weight excluding hydrogens is 210 g/mol. The summed E-state index contributed by atoms with van der Waals surface area (Å²) in [5, 5.41) is 0.507. The summed E-state index contributed by atoms with van der Waals surface area (Å²) < 4.78 is 9.27. The van der Waals surface area contributed by atoms with Gasteiger partial charge in [0.2, 0.25) is 0 Å². The van der Waals surface area contributed by atoms with Gasteiger partial charge in [-0.15, -0.1) is 0 Å². The van der Waals surface area contributed by atoms with Crippen molar-refractivity contribution in [3.63, 3.8) is 0 Å². The molecule has 0 aliphatic heterocycles. The largest absolute Gasteiger partial charge is 0.497 e.